The first-order valence-electron chi connectivity index (χ1n) is 8.02. The highest BCUT2D eigenvalue weighted by molar-refractivity contribution is 5.75. The number of ether oxygens (including phenoxy) is 1. The molecule has 0 aromatic heterocycles. The fourth-order valence-corrected chi connectivity index (χ4v) is 3.90. The van der Waals surface area contributed by atoms with E-state index in [2.05, 4.69) is 5.32 Å². The molecule has 3 rings (SSSR count). The van der Waals surface area contributed by atoms with Gasteiger partial charge in [0.15, 0.2) is 0 Å². The van der Waals surface area contributed by atoms with Gasteiger partial charge < -0.3 is 20.7 Å². The first-order chi connectivity index (χ1) is 9.67. The lowest BCUT2D eigenvalue weighted by molar-refractivity contribution is -0.0412. The smallest absolute Gasteiger partial charge is 0.317 e. The number of nitrogens with two attached hydrogens (primary N) is 1. The number of likely N-dealkylation sites (tertiary alicyclic amines) is 1. The fraction of sp³-hybridized carbons (Fsp3) is 0.933. The number of rotatable bonds is 2. The molecule has 2 aliphatic heterocycles. The predicted octanol–water partition coefficient (Wildman–Crippen LogP) is 1.47. The fourth-order valence-electron chi connectivity index (χ4n) is 3.90. The van der Waals surface area contributed by atoms with Gasteiger partial charge in [0.2, 0.25) is 0 Å². The molecule has 0 aromatic carbocycles. The molecule has 0 bridgehead atoms. The van der Waals surface area contributed by atoms with Gasteiger partial charge in [-0.05, 0) is 44.9 Å². The Labute approximate surface area is 121 Å². The van der Waals surface area contributed by atoms with Crippen LogP contribution in [0, 0.1) is 5.41 Å². The molecule has 1 aliphatic carbocycles. The Hall–Kier alpha value is -0.810. The van der Waals surface area contributed by atoms with E-state index in [1.807, 2.05) is 4.90 Å². The first kappa shape index (κ1) is 14.1. The summed E-state index contributed by atoms with van der Waals surface area (Å²) >= 11 is 0. The van der Waals surface area contributed by atoms with Gasteiger partial charge in [0.25, 0.3) is 0 Å². The zero-order valence-corrected chi connectivity index (χ0v) is 12.3. The molecule has 1 unspecified atom stereocenters. The zero-order chi connectivity index (χ0) is 14.1. The number of nitrogens with one attached hydrogen (secondary N) is 1. The van der Waals surface area contributed by atoms with E-state index < -0.39 is 0 Å². The van der Waals surface area contributed by atoms with Crippen molar-refractivity contribution < 1.29 is 9.53 Å². The largest absolute Gasteiger partial charge is 0.381 e. The average Bonchev–Trinajstić information content (AvgIpc) is 2.43. The van der Waals surface area contributed by atoms with Crippen LogP contribution in [0.25, 0.3) is 0 Å². The van der Waals surface area contributed by atoms with Crippen molar-refractivity contribution in [2.45, 2.75) is 50.5 Å². The molecule has 3 aliphatic rings. The average molecular weight is 281 g/mol. The molecular weight excluding hydrogens is 254 g/mol. The van der Waals surface area contributed by atoms with Crippen LogP contribution in [-0.4, -0.2) is 49.3 Å². The van der Waals surface area contributed by atoms with Gasteiger partial charge in [-0.2, -0.15) is 0 Å². The van der Waals surface area contributed by atoms with Gasteiger partial charge in [-0.15, -0.1) is 0 Å². The Morgan fingerprint density at radius 3 is 2.60 bits per heavy atom. The number of carbonyl (C=O) groups excluding carboxylic acids is 1. The van der Waals surface area contributed by atoms with Crippen LogP contribution in [0.1, 0.15) is 44.9 Å². The van der Waals surface area contributed by atoms with E-state index >= 15 is 0 Å². The second kappa shape index (κ2) is 5.53. The van der Waals surface area contributed by atoms with Gasteiger partial charge in [-0.25, -0.2) is 4.79 Å². The number of carbonyl (C=O) groups is 1. The maximum absolute atomic E-state index is 12.5. The third-order valence-electron chi connectivity index (χ3n) is 5.43. The molecule has 3 fully saturated rings. The normalized spacial score (nSPS) is 32.8. The highest BCUT2D eigenvalue weighted by Gasteiger charge is 2.42. The summed E-state index contributed by atoms with van der Waals surface area (Å²) in [5, 5.41) is 3.19. The minimum absolute atomic E-state index is 0.0831. The lowest BCUT2D eigenvalue weighted by Crippen LogP contribution is -2.62. The minimum atomic E-state index is -0.120. The van der Waals surface area contributed by atoms with Crippen LogP contribution in [0.5, 0.6) is 0 Å². The van der Waals surface area contributed by atoms with Crippen molar-refractivity contribution >= 4 is 6.03 Å². The van der Waals surface area contributed by atoms with Gasteiger partial charge >= 0.3 is 6.03 Å². The molecule has 114 valence electrons. The second-order valence-corrected chi connectivity index (χ2v) is 6.95. The molecule has 3 N–H and O–H groups in total. The van der Waals surface area contributed by atoms with E-state index in [4.69, 9.17) is 10.5 Å². The van der Waals surface area contributed by atoms with Crippen LogP contribution in [0.4, 0.5) is 4.79 Å². The van der Waals surface area contributed by atoms with Crippen LogP contribution in [0.3, 0.4) is 0 Å². The molecule has 2 saturated heterocycles. The van der Waals surface area contributed by atoms with Crippen molar-refractivity contribution in [1.29, 1.82) is 0 Å². The Morgan fingerprint density at radius 1 is 1.20 bits per heavy atom. The SMILES string of the molecule is NCC1(NC(=O)N2CCCC3(CCCOC3)C2)CCC1. The molecule has 5 heteroatoms. The number of hydrogen-bond acceptors (Lipinski definition) is 3. The van der Waals surface area contributed by atoms with Crippen molar-refractivity contribution in [2.24, 2.45) is 11.1 Å². The van der Waals surface area contributed by atoms with Crippen molar-refractivity contribution in [1.82, 2.24) is 10.2 Å². The Morgan fingerprint density at radius 2 is 2.00 bits per heavy atom. The lowest BCUT2D eigenvalue weighted by atomic mass is 9.75. The zero-order valence-electron chi connectivity index (χ0n) is 12.3. The van der Waals surface area contributed by atoms with Crippen LogP contribution >= 0.6 is 0 Å². The van der Waals surface area contributed by atoms with Crippen molar-refractivity contribution in [3.8, 4) is 0 Å². The summed E-state index contributed by atoms with van der Waals surface area (Å²) < 4.78 is 5.67. The third-order valence-corrected chi connectivity index (χ3v) is 5.43. The monoisotopic (exact) mass is 281 g/mol. The van der Waals surface area contributed by atoms with Crippen molar-refractivity contribution in [2.75, 3.05) is 32.8 Å². The summed E-state index contributed by atoms with van der Waals surface area (Å²) in [4.78, 5) is 14.5. The van der Waals surface area contributed by atoms with Gasteiger partial charge in [0, 0.05) is 31.7 Å². The summed E-state index contributed by atoms with van der Waals surface area (Å²) in [7, 11) is 0. The van der Waals surface area contributed by atoms with E-state index in [0.29, 0.717) is 6.54 Å². The molecule has 0 aromatic rings. The standard InChI is InChI=1S/C15H27N3O2/c16-10-15(6-1-7-15)17-13(19)18-8-2-4-14(11-18)5-3-9-20-12-14/h1-12,16H2,(H,17,19). The van der Waals surface area contributed by atoms with Gasteiger partial charge in [-0.3, -0.25) is 0 Å². The Kier molecular flexibility index (Phi) is 3.91. The summed E-state index contributed by atoms with van der Waals surface area (Å²) in [5.41, 5.74) is 5.92. The molecule has 5 nitrogen and oxygen atoms in total. The van der Waals surface area contributed by atoms with E-state index in [9.17, 15) is 4.79 Å². The van der Waals surface area contributed by atoms with Crippen LogP contribution < -0.4 is 11.1 Å². The Bertz CT molecular complexity index is 351. The lowest BCUT2D eigenvalue weighted by Gasteiger charge is -2.47. The molecule has 2 heterocycles. The maximum Gasteiger partial charge on any atom is 0.317 e. The number of piperidine rings is 1. The first-order valence-corrected chi connectivity index (χ1v) is 8.02. The summed E-state index contributed by atoms with van der Waals surface area (Å²) in [5.74, 6) is 0. The predicted molar refractivity (Wildman–Crippen MR) is 77.5 cm³/mol. The van der Waals surface area contributed by atoms with Crippen molar-refractivity contribution in [3.63, 3.8) is 0 Å². The molecule has 20 heavy (non-hydrogen) atoms. The number of hydrogen-bond donors (Lipinski definition) is 2. The number of amides is 2. The van der Waals surface area contributed by atoms with E-state index in [1.54, 1.807) is 0 Å². The van der Waals surface area contributed by atoms with E-state index in [-0.39, 0.29) is 17.0 Å². The quantitative estimate of drug-likeness (QED) is 0.805. The van der Waals surface area contributed by atoms with Gasteiger partial charge in [0.1, 0.15) is 0 Å². The molecule has 1 atom stereocenters. The highest BCUT2D eigenvalue weighted by atomic mass is 16.5. The molecule has 1 spiro atoms. The van der Waals surface area contributed by atoms with Crippen LogP contribution in [-0.2, 0) is 4.74 Å². The molecule has 0 radical (unpaired) electrons. The number of nitrogens with zero attached hydrogens (tertiary/aromatic N) is 1. The topological polar surface area (TPSA) is 67.6 Å². The minimum Gasteiger partial charge on any atom is -0.381 e. The highest BCUT2D eigenvalue weighted by Crippen LogP contribution is 2.38. The number of urea groups is 1. The van der Waals surface area contributed by atoms with E-state index in [0.717, 1.165) is 52.0 Å². The summed E-state index contributed by atoms with van der Waals surface area (Å²) in [6.07, 6.45) is 7.83. The maximum atomic E-state index is 12.5. The van der Waals surface area contributed by atoms with Gasteiger partial charge in [0.05, 0.1) is 12.1 Å². The Balaban J connectivity index is 1.60. The van der Waals surface area contributed by atoms with E-state index in [1.165, 1.54) is 19.3 Å². The van der Waals surface area contributed by atoms with Crippen molar-refractivity contribution in [3.05, 3.63) is 0 Å². The second-order valence-electron chi connectivity index (χ2n) is 6.95. The third kappa shape index (κ3) is 2.66. The van der Waals surface area contributed by atoms with Crippen LogP contribution in [0.15, 0.2) is 0 Å². The van der Waals surface area contributed by atoms with Gasteiger partial charge in [-0.1, -0.05) is 0 Å². The molecular formula is C15H27N3O2. The van der Waals surface area contributed by atoms with Crippen LogP contribution in [0.2, 0.25) is 0 Å². The molecule has 1 saturated carbocycles. The summed E-state index contributed by atoms with van der Waals surface area (Å²) in [6, 6.07) is 0.0831. The summed E-state index contributed by atoms with van der Waals surface area (Å²) in [6.45, 7) is 3.97. The molecule has 2 amide bonds.